The van der Waals surface area contributed by atoms with E-state index in [9.17, 15) is 0 Å². The van der Waals surface area contributed by atoms with Crippen molar-refractivity contribution >= 4 is 29.9 Å². The second-order valence-corrected chi connectivity index (χ2v) is 6.12. The molecule has 0 aliphatic carbocycles. The average molecular weight is 508 g/mol. The van der Waals surface area contributed by atoms with E-state index in [-0.39, 0.29) is 24.0 Å². The lowest BCUT2D eigenvalue weighted by Gasteiger charge is -2.18. The van der Waals surface area contributed by atoms with Crippen molar-refractivity contribution in [2.45, 2.75) is 33.2 Å². The molecule has 0 spiro atoms. The molecule has 28 heavy (non-hydrogen) atoms. The fraction of sp³-hybridized carbons (Fsp3) is 0.650. The van der Waals surface area contributed by atoms with E-state index in [1.807, 2.05) is 12.1 Å². The number of aliphatic imine (C=N–C) groups is 1. The molecule has 1 aromatic rings. The number of rotatable bonds is 12. The largest absolute Gasteiger partial charge is 0.493 e. The number of benzene rings is 1. The highest BCUT2D eigenvalue weighted by molar-refractivity contribution is 14.0. The van der Waals surface area contributed by atoms with Crippen LogP contribution >= 0.6 is 24.0 Å². The van der Waals surface area contributed by atoms with E-state index in [1.54, 1.807) is 28.4 Å². The molecule has 162 valence electrons. The second-order valence-electron chi connectivity index (χ2n) is 6.12. The summed E-state index contributed by atoms with van der Waals surface area (Å²) in [4.78, 5) is 6.73. The van der Waals surface area contributed by atoms with Gasteiger partial charge in [-0.15, -0.1) is 24.0 Å². The standard InChI is InChI=1S/C20H36N4O3.HI/c1-7-24(8-2)12-10-9-11-22-20(21-3)23-15-16-13-17(25-4)19(27-6)18(14-16)26-5;/h13-14H,7-12,15H2,1-6H3,(H2,21,22,23);1H. The summed E-state index contributed by atoms with van der Waals surface area (Å²) in [6.07, 6.45) is 2.29. The predicted molar refractivity (Wildman–Crippen MR) is 127 cm³/mol. The number of unbranched alkanes of at least 4 members (excludes halogenated alkanes) is 1. The number of nitrogens with one attached hydrogen (secondary N) is 2. The van der Waals surface area contributed by atoms with Crippen LogP contribution < -0.4 is 24.8 Å². The van der Waals surface area contributed by atoms with Crippen molar-refractivity contribution in [1.82, 2.24) is 15.5 Å². The summed E-state index contributed by atoms with van der Waals surface area (Å²) in [5.41, 5.74) is 1.02. The van der Waals surface area contributed by atoms with E-state index in [1.165, 1.54) is 6.42 Å². The summed E-state index contributed by atoms with van der Waals surface area (Å²) in [5, 5.41) is 6.69. The van der Waals surface area contributed by atoms with Crippen LogP contribution in [0.4, 0.5) is 0 Å². The third-order valence-corrected chi connectivity index (χ3v) is 4.50. The first kappa shape index (κ1) is 26.6. The molecular weight excluding hydrogens is 471 g/mol. The molecule has 1 rings (SSSR count). The number of ether oxygens (including phenoxy) is 3. The van der Waals surface area contributed by atoms with Crippen molar-refractivity contribution in [2.24, 2.45) is 4.99 Å². The Morgan fingerprint density at radius 3 is 2.04 bits per heavy atom. The van der Waals surface area contributed by atoms with Gasteiger partial charge in [0, 0.05) is 20.1 Å². The highest BCUT2D eigenvalue weighted by atomic mass is 127. The highest BCUT2D eigenvalue weighted by Gasteiger charge is 2.13. The lowest BCUT2D eigenvalue weighted by molar-refractivity contribution is 0.297. The molecule has 1 aromatic carbocycles. The van der Waals surface area contributed by atoms with E-state index >= 15 is 0 Å². The van der Waals surface area contributed by atoms with Crippen LogP contribution in [0.1, 0.15) is 32.3 Å². The fourth-order valence-corrected chi connectivity index (χ4v) is 2.85. The molecule has 0 radical (unpaired) electrons. The van der Waals surface area contributed by atoms with Crippen LogP contribution in [0, 0.1) is 0 Å². The van der Waals surface area contributed by atoms with Crippen molar-refractivity contribution in [1.29, 1.82) is 0 Å². The minimum absolute atomic E-state index is 0. The topological polar surface area (TPSA) is 67.4 Å². The van der Waals surface area contributed by atoms with Gasteiger partial charge in [0.2, 0.25) is 5.75 Å². The van der Waals surface area contributed by atoms with Gasteiger partial charge in [-0.05, 0) is 50.2 Å². The third kappa shape index (κ3) is 8.72. The van der Waals surface area contributed by atoms with E-state index in [2.05, 4.69) is 34.4 Å². The number of methoxy groups -OCH3 is 3. The zero-order valence-corrected chi connectivity index (χ0v) is 20.5. The van der Waals surface area contributed by atoms with Crippen LogP contribution in [0.2, 0.25) is 0 Å². The maximum absolute atomic E-state index is 5.40. The van der Waals surface area contributed by atoms with Crippen molar-refractivity contribution in [2.75, 3.05) is 54.6 Å². The predicted octanol–water partition coefficient (Wildman–Crippen LogP) is 3.12. The number of guanidine groups is 1. The van der Waals surface area contributed by atoms with Gasteiger partial charge < -0.3 is 29.7 Å². The quantitative estimate of drug-likeness (QED) is 0.196. The number of halogens is 1. The SMILES string of the molecule is CCN(CC)CCCCNC(=NC)NCc1cc(OC)c(OC)c(OC)c1.I. The lowest BCUT2D eigenvalue weighted by atomic mass is 10.2. The summed E-state index contributed by atoms with van der Waals surface area (Å²) < 4.78 is 16.2. The van der Waals surface area contributed by atoms with Gasteiger partial charge in [0.1, 0.15) is 0 Å². The van der Waals surface area contributed by atoms with Crippen LogP contribution in [0.3, 0.4) is 0 Å². The van der Waals surface area contributed by atoms with Gasteiger partial charge in [-0.2, -0.15) is 0 Å². The third-order valence-electron chi connectivity index (χ3n) is 4.50. The summed E-state index contributed by atoms with van der Waals surface area (Å²) in [5.74, 6) is 2.67. The normalized spacial score (nSPS) is 11.0. The smallest absolute Gasteiger partial charge is 0.203 e. The molecule has 0 unspecified atom stereocenters. The summed E-state index contributed by atoms with van der Waals surface area (Å²) in [6, 6.07) is 3.87. The molecule has 0 bridgehead atoms. The second kappa shape index (κ2) is 15.5. The van der Waals surface area contributed by atoms with Crippen LogP contribution in [0.25, 0.3) is 0 Å². The fourth-order valence-electron chi connectivity index (χ4n) is 2.85. The zero-order valence-electron chi connectivity index (χ0n) is 18.1. The van der Waals surface area contributed by atoms with Crippen molar-refractivity contribution in [3.8, 4) is 17.2 Å². The Labute approximate surface area is 187 Å². The van der Waals surface area contributed by atoms with Crippen LogP contribution in [-0.4, -0.2) is 65.4 Å². The van der Waals surface area contributed by atoms with E-state index in [0.29, 0.717) is 23.8 Å². The van der Waals surface area contributed by atoms with Gasteiger partial charge in [-0.25, -0.2) is 0 Å². The van der Waals surface area contributed by atoms with Gasteiger partial charge >= 0.3 is 0 Å². The molecule has 0 amide bonds. The maximum Gasteiger partial charge on any atom is 0.203 e. The van der Waals surface area contributed by atoms with Gasteiger partial charge in [-0.3, -0.25) is 4.99 Å². The van der Waals surface area contributed by atoms with Crippen molar-refractivity contribution in [3.05, 3.63) is 17.7 Å². The molecule has 0 fully saturated rings. The molecule has 7 nitrogen and oxygen atoms in total. The number of hydrogen-bond acceptors (Lipinski definition) is 5. The molecule has 0 heterocycles. The highest BCUT2D eigenvalue weighted by Crippen LogP contribution is 2.38. The Hall–Kier alpha value is -1.42. The summed E-state index contributed by atoms with van der Waals surface area (Å²) in [6.45, 7) is 9.29. The van der Waals surface area contributed by atoms with E-state index < -0.39 is 0 Å². The van der Waals surface area contributed by atoms with E-state index in [4.69, 9.17) is 14.2 Å². The van der Waals surface area contributed by atoms with Gasteiger partial charge in [-0.1, -0.05) is 13.8 Å². The lowest BCUT2D eigenvalue weighted by Crippen LogP contribution is -2.37. The molecule has 0 aliphatic heterocycles. The van der Waals surface area contributed by atoms with Crippen LogP contribution in [0.5, 0.6) is 17.2 Å². The Balaban J connectivity index is 0.00000729. The Morgan fingerprint density at radius 2 is 1.57 bits per heavy atom. The summed E-state index contributed by atoms with van der Waals surface area (Å²) in [7, 11) is 6.62. The molecule has 0 saturated heterocycles. The van der Waals surface area contributed by atoms with Crippen molar-refractivity contribution < 1.29 is 14.2 Å². The zero-order chi connectivity index (χ0) is 20.1. The Kier molecular flexibility index (Phi) is 14.7. The monoisotopic (exact) mass is 508 g/mol. The van der Waals surface area contributed by atoms with Crippen LogP contribution in [-0.2, 0) is 6.54 Å². The van der Waals surface area contributed by atoms with Crippen molar-refractivity contribution in [3.63, 3.8) is 0 Å². The van der Waals surface area contributed by atoms with Gasteiger partial charge in [0.25, 0.3) is 0 Å². The molecule has 0 aliphatic rings. The Bertz CT molecular complexity index is 556. The van der Waals surface area contributed by atoms with Crippen LogP contribution in [0.15, 0.2) is 17.1 Å². The molecule has 2 N–H and O–H groups in total. The first-order valence-corrected chi connectivity index (χ1v) is 9.59. The van der Waals surface area contributed by atoms with E-state index in [0.717, 1.165) is 44.1 Å². The minimum atomic E-state index is 0. The minimum Gasteiger partial charge on any atom is -0.493 e. The number of nitrogens with zero attached hydrogens (tertiary/aromatic N) is 2. The molecule has 8 heteroatoms. The molecule has 0 aromatic heterocycles. The molecular formula is C20H37IN4O3. The average Bonchev–Trinajstić information content (AvgIpc) is 2.71. The maximum atomic E-state index is 5.40. The van der Waals surface area contributed by atoms with Gasteiger partial charge in [0.15, 0.2) is 17.5 Å². The summed E-state index contributed by atoms with van der Waals surface area (Å²) >= 11 is 0. The molecule has 0 saturated carbocycles. The van der Waals surface area contributed by atoms with Gasteiger partial charge in [0.05, 0.1) is 21.3 Å². The Morgan fingerprint density at radius 1 is 0.964 bits per heavy atom. The first-order valence-electron chi connectivity index (χ1n) is 9.59. The first-order chi connectivity index (χ1) is 13.1. The number of hydrogen-bond donors (Lipinski definition) is 2. The molecule has 0 atom stereocenters.